The molecule has 2 aromatic rings. The summed E-state index contributed by atoms with van der Waals surface area (Å²) in [5, 5.41) is 15.5. The lowest BCUT2D eigenvalue weighted by Crippen LogP contribution is -2.46. The van der Waals surface area contributed by atoms with Crippen LogP contribution in [0.1, 0.15) is 45.6 Å². The first-order valence-corrected chi connectivity index (χ1v) is 11.3. The van der Waals surface area contributed by atoms with Crippen LogP contribution < -0.4 is 10.6 Å². The van der Waals surface area contributed by atoms with Gasteiger partial charge in [-0.15, -0.1) is 10.2 Å². The van der Waals surface area contributed by atoms with Gasteiger partial charge < -0.3 is 10.6 Å². The highest BCUT2D eigenvalue weighted by molar-refractivity contribution is 8.02. The molecule has 0 bridgehead atoms. The normalized spacial score (nSPS) is 23.6. The number of aryl methyl sites for hydroxylation is 1. The van der Waals surface area contributed by atoms with Crippen LogP contribution in [0.5, 0.6) is 0 Å². The molecule has 0 aliphatic heterocycles. The van der Waals surface area contributed by atoms with E-state index < -0.39 is 0 Å². The number of nitrogens with one attached hydrogen (secondary N) is 2. The van der Waals surface area contributed by atoms with Crippen LogP contribution in [-0.4, -0.2) is 27.4 Å². The van der Waals surface area contributed by atoms with E-state index in [1.54, 1.807) is 0 Å². The fourth-order valence-corrected chi connectivity index (χ4v) is 5.37. The third-order valence-electron chi connectivity index (χ3n) is 5.36. The van der Waals surface area contributed by atoms with Crippen molar-refractivity contribution in [2.24, 2.45) is 11.8 Å². The first kappa shape index (κ1) is 20.1. The van der Waals surface area contributed by atoms with Gasteiger partial charge in [-0.05, 0) is 49.8 Å². The Kier molecular flexibility index (Phi) is 6.76. The van der Waals surface area contributed by atoms with Crippen molar-refractivity contribution in [1.29, 1.82) is 0 Å². The molecule has 7 heteroatoms. The third-order valence-corrected chi connectivity index (χ3v) is 7.38. The van der Waals surface area contributed by atoms with Gasteiger partial charge >= 0.3 is 0 Å². The van der Waals surface area contributed by atoms with Gasteiger partial charge in [-0.25, -0.2) is 0 Å². The monoisotopic (exact) mass is 404 g/mol. The molecule has 2 N–H and O–H groups in total. The van der Waals surface area contributed by atoms with Crippen LogP contribution in [-0.2, 0) is 4.79 Å². The van der Waals surface area contributed by atoms with E-state index in [1.807, 2.05) is 19.1 Å². The first-order valence-electron chi connectivity index (χ1n) is 9.56. The van der Waals surface area contributed by atoms with E-state index in [4.69, 9.17) is 0 Å². The van der Waals surface area contributed by atoms with E-state index in [9.17, 15) is 4.79 Å². The average Bonchev–Trinajstić information content (AvgIpc) is 3.05. The summed E-state index contributed by atoms with van der Waals surface area (Å²) >= 11 is 2.95. The predicted molar refractivity (Wildman–Crippen MR) is 114 cm³/mol. The summed E-state index contributed by atoms with van der Waals surface area (Å²) in [5.74, 6) is 1.30. The fraction of sp³-hybridized carbons (Fsp3) is 0.550. The van der Waals surface area contributed by atoms with E-state index in [2.05, 4.69) is 53.7 Å². The number of hydrogen-bond acceptors (Lipinski definition) is 6. The van der Waals surface area contributed by atoms with E-state index in [0.29, 0.717) is 11.8 Å². The molecule has 27 heavy (non-hydrogen) atoms. The summed E-state index contributed by atoms with van der Waals surface area (Å²) in [6.07, 6.45) is 3.54. The second kappa shape index (κ2) is 9.06. The second-order valence-corrected chi connectivity index (χ2v) is 10.1. The van der Waals surface area contributed by atoms with Crippen LogP contribution in [0.3, 0.4) is 0 Å². The van der Waals surface area contributed by atoms with Gasteiger partial charge in [0.05, 0.1) is 5.25 Å². The maximum absolute atomic E-state index is 12.6. The van der Waals surface area contributed by atoms with Crippen LogP contribution in [0.25, 0.3) is 0 Å². The Bertz CT molecular complexity index is 779. The average molecular weight is 405 g/mol. The first-order chi connectivity index (χ1) is 12.9. The van der Waals surface area contributed by atoms with Crippen molar-refractivity contribution in [2.75, 3.05) is 5.32 Å². The molecule has 1 heterocycles. The van der Waals surface area contributed by atoms with Crippen molar-refractivity contribution in [3.8, 4) is 0 Å². The van der Waals surface area contributed by atoms with Crippen molar-refractivity contribution in [2.45, 2.75) is 62.6 Å². The number of carbonyl (C=O) groups is 1. The number of nitrogens with zero attached hydrogens (tertiary/aromatic N) is 2. The Balaban J connectivity index is 1.54. The lowest BCUT2D eigenvalue weighted by atomic mass is 9.78. The Hall–Kier alpha value is -1.60. The van der Waals surface area contributed by atoms with Crippen molar-refractivity contribution in [3.63, 3.8) is 0 Å². The molecule has 4 atom stereocenters. The van der Waals surface area contributed by atoms with Crippen LogP contribution in [0.15, 0.2) is 28.6 Å². The topological polar surface area (TPSA) is 66.9 Å². The van der Waals surface area contributed by atoms with Crippen LogP contribution in [0.4, 0.5) is 10.8 Å². The number of benzene rings is 1. The standard InChI is InChI=1S/C20H28N4OS2/c1-12-7-5-9-16(11-12)21-19-23-24-20(27-19)26-15(4)18(25)22-17-10-6-8-13(2)14(17)3/h5,7,9,11,13-15,17H,6,8,10H2,1-4H3,(H,21,23)(H,22,25)/t13-,14+,15+,17-/m1/s1. The van der Waals surface area contributed by atoms with Crippen LogP contribution in [0, 0.1) is 18.8 Å². The number of amides is 1. The zero-order chi connectivity index (χ0) is 19.4. The van der Waals surface area contributed by atoms with Gasteiger partial charge in [0, 0.05) is 11.7 Å². The summed E-state index contributed by atoms with van der Waals surface area (Å²) in [6, 6.07) is 8.42. The van der Waals surface area contributed by atoms with Gasteiger partial charge in [0.15, 0.2) is 4.34 Å². The summed E-state index contributed by atoms with van der Waals surface area (Å²) in [5.41, 5.74) is 2.18. The molecule has 1 aromatic heterocycles. The number of rotatable bonds is 6. The molecule has 0 unspecified atom stereocenters. The lowest BCUT2D eigenvalue weighted by molar-refractivity contribution is -0.121. The zero-order valence-electron chi connectivity index (χ0n) is 16.4. The highest BCUT2D eigenvalue weighted by Crippen LogP contribution is 2.32. The lowest BCUT2D eigenvalue weighted by Gasteiger charge is -2.35. The van der Waals surface area contributed by atoms with Gasteiger partial charge in [-0.2, -0.15) is 0 Å². The Labute approximate surface area is 169 Å². The summed E-state index contributed by atoms with van der Waals surface area (Å²) in [7, 11) is 0. The van der Waals surface area contributed by atoms with E-state index in [0.717, 1.165) is 21.6 Å². The molecule has 1 fully saturated rings. The summed E-state index contributed by atoms with van der Waals surface area (Å²) in [4.78, 5) is 12.6. The maximum atomic E-state index is 12.6. The Morgan fingerprint density at radius 3 is 2.89 bits per heavy atom. The van der Waals surface area contributed by atoms with Gasteiger partial charge in [-0.3, -0.25) is 4.79 Å². The quantitative estimate of drug-likeness (QED) is 0.662. The highest BCUT2D eigenvalue weighted by atomic mass is 32.2. The van der Waals surface area contributed by atoms with Crippen molar-refractivity contribution >= 4 is 39.8 Å². The number of aromatic nitrogens is 2. The largest absolute Gasteiger partial charge is 0.352 e. The van der Waals surface area contributed by atoms with Gasteiger partial charge in [0.1, 0.15) is 0 Å². The second-order valence-electron chi connectivity index (χ2n) is 7.51. The zero-order valence-corrected chi connectivity index (χ0v) is 18.0. The molecule has 146 valence electrons. The van der Waals surface area contributed by atoms with Crippen molar-refractivity contribution in [1.82, 2.24) is 15.5 Å². The smallest absolute Gasteiger partial charge is 0.233 e. The SMILES string of the molecule is Cc1cccc(Nc2nnc(S[C@@H](C)C(=O)N[C@@H]3CCC[C@@H](C)[C@@H]3C)s2)c1. The third kappa shape index (κ3) is 5.45. The minimum absolute atomic E-state index is 0.0920. The molecule has 1 aromatic carbocycles. The van der Waals surface area contributed by atoms with Gasteiger partial charge in [-0.1, -0.05) is 61.9 Å². The van der Waals surface area contributed by atoms with Crippen LogP contribution in [0.2, 0.25) is 0 Å². The number of carbonyl (C=O) groups excluding carboxylic acids is 1. The fourth-order valence-electron chi connectivity index (χ4n) is 3.44. The summed E-state index contributed by atoms with van der Waals surface area (Å²) in [6.45, 7) is 8.53. The molecule has 0 spiro atoms. The molecular weight excluding hydrogens is 376 g/mol. The molecule has 1 amide bonds. The summed E-state index contributed by atoms with van der Waals surface area (Å²) < 4.78 is 0.804. The van der Waals surface area contributed by atoms with Crippen molar-refractivity contribution < 1.29 is 4.79 Å². The van der Waals surface area contributed by atoms with Gasteiger partial charge in [0.2, 0.25) is 11.0 Å². The highest BCUT2D eigenvalue weighted by Gasteiger charge is 2.29. The van der Waals surface area contributed by atoms with E-state index >= 15 is 0 Å². The van der Waals surface area contributed by atoms with Crippen LogP contribution >= 0.6 is 23.1 Å². The molecule has 1 aliphatic rings. The molecule has 0 radical (unpaired) electrons. The molecular formula is C20H28N4OS2. The van der Waals surface area contributed by atoms with E-state index in [-0.39, 0.29) is 17.2 Å². The number of hydrogen-bond donors (Lipinski definition) is 2. The minimum Gasteiger partial charge on any atom is -0.352 e. The van der Waals surface area contributed by atoms with Gasteiger partial charge in [0.25, 0.3) is 0 Å². The molecule has 5 nitrogen and oxygen atoms in total. The maximum Gasteiger partial charge on any atom is 0.233 e. The molecule has 1 saturated carbocycles. The Morgan fingerprint density at radius 2 is 2.11 bits per heavy atom. The molecule has 0 saturated heterocycles. The van der Waals surface area contributed by atoms with Crippen molar-refractivity contribution in [3.05, 3.63) is 29.8 Å². The number of thioether (sulfide) groups is 1. The minimum atomic E-state index is -0.186. The Morgan fingerprint density at radius 1 is 1.30 bits per heavy atom. The number of anilines is 2. The predicted octanol–water partition coefficient (Wildman–Crippen LogP) is 5.01. The van der Waals surface area contributed by atoms with E-state index in [1.165, 1.54) is 41.5 Å². The molecule has 3 rings (SSSR count). The molecule has 1 aliphatic carbocycles.